The highest BCUT2D eigenvalue weighted by Gasteiger charge is 2.04. The molecule has 0 saturated carbocycles. The lowest BCUT2D eigenvalue weighted by Crippen LogP contribution is -2.21. The predicted molar refractivity (Wildman–Crippen MR) is 79.5 cm³/mol. The molecule has 0 saturated heterocycles. The van der Waals surface area contributed by atoms with Crippen molar-refractivity contribution in [1.29, 1.82) is 0 Å². The van der Waals surface area contributed by atoms with Gasteiger partial charge >= 0.3 is 0 Å². The fourth-order valence-corrected chi connectivity index (χ4v) is 2.07. The molecule has 2 rings (SSSR count). The molecule has 102 valence electrons. The summed E-state index contributed by atoms with van der Waals surface area (Å²) < 4.78 is 2.17. The fourth-order valence-electron chi connectivity index (χ4n) is 2.07. The first-order chi connectivity index (χ1) is 9.20. The lowest BCUT2D eigenvalue weighted by molar-refractivity contribution is 0.589. The number of rotatable bonds is 6. The summed E-state index contributed by atoms with van der Waals surface area (Å²) in [5, 5.41) is 3.43. The summed E-state index contributed by atoms with van der Waals surface area (Å²) in [4.78, 5) is 4.41. The Hall–Kier alpha value is -1.61. The summed E-state index contributed by atoms with van der Waals surface area (Å²) in [6.45, 7) is 7.43. The second-order valence-corrected chi connectivity index (χ2v) is 5.17. The number of imidazole rings is 1. The van der Waals surface area contributed by atoms with Gasteiger partial charge in [-0.2, -0.15) is 0 Å². The van der Waals surface area contributed by atoms with E-state index in [1.54, 1.807) is 0 Å². The van der Waals surface area contributed by atoms with Crippen LogP contribution >= 0.6 is 0 Å². The van der Waals surface area contributed by atoms with Crippen molar-refractivity contribution in [3.8, 4) is 5.69 Å². The molecule has 0 fully saturated rings. The number of hydrogen-bond acceptors (Lipinski definition) is 2. The van der Waals surface area contributed by atoms with E-state index in [0.29, 0.717) is 6.04 Å². The third-order valence-corrected chi connectivity index (χ3v) is 3.12. The van der Waals surface area contributed by atoms with Gasteiger partial charge in [0, 0.05) is 37.1 Å². The molecule has 1 heterocycles. The van der Waals surface area contributed by atoms with E-state index < -0.39 is 0 Å². The maximum atomic E-state index is 4.41. The van der Waals surface area contributed by atoms with E-state index in [1.807, 2.05) is 12.4 Å². The lowest BCUT2D eigenvalue weighted by Gasteiger charge is -2.10. The number of benzene rings is 1. The fraction of sp³-hybridized carbons (Fsp3) is 0.438. The normalized spacial score (nSPS) is 11.2. The molecule has 3 heteroatoms. The van der Waals surface area contributed by atoms with Gasteiger partial charge in [0.1, 0.15) is 5.82 Å². The summed E-state index contributed by atoms with van der Waals surface area (Å²) in [5.74, 6) is 1.13. The van der Waals surface area contributed by atoms with Crippen molar-refractivity contribution in [3.63, 3.8) is 0 Å². The van der Waals surface area contributed by atoms with Crippen LogP contribution in [0.1, 0.15) is 38.6 Å². The molecule has 2 aromatic rings. The van der Waals surface area contributed by atoms with Crippen LogP contribution < -0.4 is 5.32 Å². The van der Waals surface area contributed by atoms with E-state index in [4.69, 9.17) is 0 Å². The van der Waals surface area contributed by atoms with Crippen LogP contribution in [0.3, 0.4) is 0 Å². The van der Waals surface area contributed by atoms with Crippen molar-refractivity contribution in [2.45, 2.75) is 46.2 Å². The Kier molecular flexibility index (Phi) is 4.74. The molecule has 1 aromatic heterocycles. The average molecular weight is 257 g/mol. The van der Waals surface area contributed by atoms with E-state index in [9.17, 15) is 0 Å². The van der Waals surface area contributed by atoms with Gasteiger partial charge in [-0.3, -0.25) is 0 Å². The van der Waals surface area contributed by atoms with Crippen LogP contribution in [0.4, 0.5) is 0 Å². The molecule has 19 heavy (non-hydrogen) atoms. The van der Waals surface area contributed by atoms with Crippen molar-refractivity contribution in [2.75, 3.05) is 0 Å². The third-order valence-electron chi connectivity index (χ3n) is 3.12. The van der Waals surface area contributed by atoms with E-state index in [-0.39, 0.29) is 0 Å². The Morgan fingerprint density at radius 2 is 1.95 bits per heavy atom. The highest BCUT2D eigenvalue weighted by atomic mass is 15.1. The van der Waals surface area contributed by atoms with Gasteiger partial charge in [0.05, 0.1) is 0 Å². The van der Waals surface area contributed by atoms with E-state index in [0.717, 1.165) is 25.2 Å². The van der Waals surface area contributed by atoms with E-state index >= 15 is 0 Å². The Morgan fingerprint density at radius 1 is 1.21 bits per heavy atom. The molecule has 1 N–H and O–H groups in total. The van der Waals surface area contributed by atoms with Crippen LogP contribution in [0.15, 0.2) is 36.7 Å². The summed E-state index contributed by atoms with van der Waals surface area (Å²) in [6.07, 6.45) is 6.04. The van der Waals surface area contributed by atoms with Crippen LogP contribution in [0.2, 0.25) is 0 Å². The maximum Gasteiger partial charge on any atom is 0.113 e. The number of nitrogens with one attached hydrogen (secondary N) is 1. The molecule has 0 aliphatic rings. The highest BCUT2D eigenvalue weighted by Crippen LogP contribution is 2.13. The van der Waals surface area contributed by atoms with Crippen molar-refractivity contribution in [2.24, 2.45) is 0 Å². The van der Waals surface area contributed by atoms with Gasteiger partial charge in [0.15, 0.2) is 0 Å². The standard InChI is InChI=1S/C16H23N3/c1-4-5-16-17-10-11-19(16)15-8-6-14(7-9-15)12-18-13(2)3/h6-11,13,18H,4-5,12H2,1-3H3. The van der Waals surface area contributed by atoms with Gasteiger partial charge in [-0.1, -0.05) is 32.9 Å². The first-order valence-electron chi connectivity index (χ1n) is 7.05. The first-order valence-corrected chi connectivity index (χ1v) is 7.05. The zero-order valence-corrected chi connectivity index (χ0v) is 12.1. The summed E-state index contributed by atoms with van der Waals surface area (Å²) >= 11 is 0. The smallest absolute Gasteiger partial charge is 0.113 e. The van der Waals surface area contributed by atoms with Crippen LogP contribution in [0.5, 0.6) is 0 Å². The van der Waals surface area contributed by atoms with Crippen molar-refractivity contribution in [3.05, 3.63) is 48.0 Å². The Labute approximate surface area is 115 Å². The van der Waals surface area contributed by atoms with Crippen LogP contribution in [0, 0.1) is 0 Å². The van der Waals surface area contributed by atoms with Crippen molar-refractivity contribution in [1.82, 2.24) is 14.9 Å². The van der Waals surface area contributed by atoms with Crippen LogP contribution in [-0.4, -0.2) is 15.6 Å². The van der Waals surface area contributed by atoms with Gasteiger partial charge in [-0.15, -0.1) is 0 Å². The lowest BCUT2D eigenvalue weighted by atomic mass is 10.2. The number of nitrogens with zero attached hydrogens (tertiary/aromatic N) is 2. The molecule has 1 aromatic carbocycles. The van der Waals surface area contributed by atoms with Gasteiger partial charge in [0.25, 0.3) is 0 Å². The minimum Gasteiger partial charge on any atom is -0.310 e. The molecular weight excluding hydrogens is 234 g/mol. The molecule has 0 amide bonds. The van der Waals surface area contributed by atoms with Crippen LogP contribution in [-0.2, 0) is 13.0 Å². The van der Waals surface area contributed by atoms with Gasteiger partial charge in [-0.25, -0.2) is 4.98 Å². The van der Waals surface area contributed by atoms with Gasteiger partial charge < -0.3 is 9.88 Å². The molecule has 0 bridgehead atoms. The Morgan fingerprint density at radius 3 is 2.58 bits per heavy atom. The number of aryl methyl sites for hydroxylation is 1. The largest absolute Gasteiger partial charge is 0.310 e. The SMILES string of the molecule is CCCc1nccn1-c1ccc(CNC(C)C)cc1. The maximum absolute atomic E-state index is 4.41. The second kappa shape index (κ2) is 6.53. The average Bonchev–Trinajstić information content (AvgIpc) is 2.86. The monoisotopic (exact) mass is 257 g/mol. The third kappa shape index (κ3) is 3.67. The summed E-state index contributed by atoms with van der Waals surface area (Å²) in [6, 6.07) is 9.21. The highest BCUT2D eigenvalue weighted by molar-refractivity contribution is 5.36. The summed E-state index contributed by atoms with van der Waals surface area (Å²) in [5.41, 5.74) is 2.50. The van der Waals surface area contributed by atoms with E-state index in [2.05, 4.69) is 59.9 Å². The number of hydrogen-bond donors (Lipinski definition) is 1. The first kappa shape index (κ1) is 13.8. The van der Waals surface area contributed by atoms with Crippen LogP contribution in [0.25, 0.3) is 5.69 Å². The van der Waals surface area contributed by atoms with Gasteiger partial charge in [-0.05, 0) is 24.1 Å². The molecule has 0 spiro atoms. The molecule has 0 aliphatic heterocycles. The number of aromatic nitrogens is 2. The predicted octanol–water partition coefficient (Wildman–Crippen LogP) is 3.32. The van der Waals surface area contributed by atoms with E-state index in [1.165, 1.54) is 11.3 Å². The quantitative estimate of drug-likeness (QED) is 0.860. The zero-order chi connectivity index (χ0) is 13.7. The molecule has 0 aliphatic carbocycles. The molecule has 0 atom stereocenters. The van der Waals surface area contributed by atoms with Gasteiger partial charge in [0.2, 0.25) is 0 Å². The zero-order valence-electron chi connectivity index (χ0n) is 12.1. The van der Waals surface area contributed by atoms with Crippen molar-refractivity contribution >= 4 is 0 Å². The Balaban J connectivity index is 2.11. The molecule has 0 radical (unpaired) electrons. The van der Waals surface area contributed by atoms with Crippen molar-refractivity contribution < 1.29 is 0 Å². The second-order valence-electron chi connectivity index (χ2n) is 5.17. The minimum atomic E-state index is 0.518. The Bertz CT molecular complexity index is 497. The molecule has 0 unspecified atom stereocenters. The molecule has 3 nitrogen and oxygen atoms in total. The summed E-state index contributed by atoms with van der Waals surface area (Å²) in [7, 11) is 0. The topological polar surface area (TPSA) is 29.9 Å². The molecular formula is C16H23N3. The minimum absolute atomic E-state index is 0.518.